The first-order valence-electron chi connectivity index (χ1n) is 6.67. The third kappa shape index (κ3) is 3.78. The van der Waals surface area contributed by atoms with Gasteiger partial charge in [0.25, 0.3) is 0 Å². The molecule has 0 bridgehead atoms. The molecule has 1 rings (SSSR count). The first-order chi connectivity index (χ1) is 7.69. The number of carbonyl (C=O) groups is 1. The average molecular weight is 226 g/mol. The Bertz CT molecular complexity index is 210. The van der Waals surface area contributed by atoms with Crippen LogP contribution in [0.15, 0.2) is 0 Å². The molecule has 94 valence electrons. The molecule has 1 aliphatic rings. The predicted molar refractivity (Wildman–Crippen MR) is 67.0 cm³/mol. The Kier molecular flexibility index (Phi) is 5.81. The van der Waals surface area contributed by atoms with Gasteiger partial charge >= 0.3 is 0 Å². The number of hydrogen-bond donors (Lipinski definition) is 1. The van der Waals surface area contributed by atoms with Crippen LogP contribution in [-0.4, -0.2) is 30.4 Å². The summed E-state index contributed by atoms with van der Waals surface area (Å²) in [6.07, 6.45) is 5.51. The third-order valence-corrected chi connectivity index (χ3v) is 3.64. The smallest absolute Gasteiger partial charge is 0.225 e. The molecule has 1 saturated heterocycles. The largest absolute Gasteiger partial charge is 0.342 e. The van der Waals surface area contributed by atoms with Crippen LogP contribution in [0.4, 0.5) is 0 Å². The lowest BCUT2D eigenvalue weighted by atomic mass is 9.92. The Balaban J connectivity index is 2.32. The number of rotatable bonds is 5. The standard InChI is InChI=1S/C13H26N2O/c1-3-4-11(2)13(16)15-9-6-12(5-8-14)7-10-15/h11-12H,3-10,14H2,1-2H3. The van der Waals surface area contributed by atoms with Crippen molar-refractivity contribution in [3.8, 4) is 0 Å². The molecule has 0 aliphatic carbocycles. The lowest BCUT2D eigenvalue weighted by Gasteiger charge is -2.33. The molecule has 1 fully saturated rings. The Labute approximate surface area is 99.4 Å². The summed E-state index contributed by atoms with van der Waals surface area (Å²) in [5, 5.41) is 0. The van der Waals surface area contributed by atoms with E-state index < -0.39 is 0 Å². The van der Waals surface area contributed by atoms with Crippen LogP contribution < -0.4 is 5.73 Å². The summed E-state index contributed by atoms with van der Waals surface area (Å²) in [5.41, 5.74) is 5.56. The second kappa shape index (κ2) is 6.89. The maximum atomic E-state index is 12.1. The van der Waals surface area contributed by atoms with Crippen LogP contribution >= 0.6 is 0 Å². The van der Waals surface area contributed by atoms with E-state index >= 15 is 0 Å². The maximum absolute atomic E-state index is 12.1. The van der Waals surface area contributed by atoms with Crippen molar-refractivity contribution in [1.82, 2.24) is 4.90 Å². The summed E-state index contributed by atoms with van der Waals surface area (Å²) in [5.74, 6) is 1.31. The fraction of sp³-hybridized carbons (Fsp3) is 0.923. The zero-order valence-corrected chi connectivity index (χ0v) is 10.7. The first kappa shape index (κ1) is 13.5. The van der Waals surface area contributed by atoms with E-state index in [1.54, 1.807) is 0 Å². The van der Waals surface area contributed by atoms with Crippen LogP contribution in [0.2, 0.25) is 0 Å². The monoisotopic (exact) mass is 226 g/mol. The lowest BCUT2D eigenvalue weighted by molar-refractivity contribution is -0.136. The molecule has 1 amide bonds. The van der Waals surface area contributed by atoms with Crippen molar-refractivity contribution in [2.24, 2.45) is 17.6 Å². The molecule has 1 heterocycles. The highest BCUT2D eigenvalue weighted by Gasteiger charge is 2.24. The van der Waals surface area contributed by atoms with Gasteiger partial charge in [-0.2, -0.15) is 0 Å². The molecule has 0 aromatic rings. The summed E-state index contributed by atoms with van der Waals surface area (Å²) < 4.78 is 0. The Morgan fingerprint density at radius 3 is 2.56 bits per heavy atom. The minimum absolute atomic E-state index is 0.205. The Morgan fingerprint density at radius 2 is 2.06 bits per heavy atom. The summed E-state index contributed by atoms with van der Waals surface area (Å²) in [7, 11) is 0. The SMILES string of the molecule is CCCC(C)C(=O)N1CCC(CCN)CC1. The highest BCUT2D eigenvalue weighted by Crippen LogP contribution is 2.21. The maximum Gasteiger partial charge on any atom is 0.225 e. The van der Waals surface area contributed by atoms with Crippen LogP contribution in [0.25, 0.3) is 0 Å². The van der Waals surface area contributed by atoms with Crippen molar-refractivity contribution in [1.29, 1.82) is 0 Å². The van der Waals surface area contributed by atoms with E-state index in [4.69, 9.17) is 5.73 Å². The lowest BCUT2D eigenvalue weighted by Crippen LogP contribution is -2.41. The molecule has 3 heteroatoms. The predicted octanol–water partition coefficient (Wildman–Crippen LogP) is 2.01. The normalized spacial score (nSPS) is 19.8. The number of amides is 1. The number of piperidine rings is 1. The molecule has 0 spiro atoms. The summed E-state index contributed by atoms with van der Waals surface area (Å²) >= 11 is 0. The van der Waals surface area contributed by atoms with E-state index in [2.05, 4.69) is 13.8 Å². The molecule has 0 saturated carbocycles. The van der Waals surface area contributed by atoms with Gasteiger partial charge in [-0.15, -0.1) is 0 Å². The summed E-state index contributed by atoms with van der Waals surface area (Å²) in [4.78, 5) is 14.1. The van der Waals surface area contributed by atoms with Crippen molar-refractivity contribution in [3.63, 3.8) is 0 Å². The van der Waals surface area contributed by atoms with Gasteiger partial charge in [0.05, 0.1) is 0 Å². The summed E-state index contributed by atoms with van der Waals surface area (Å²) in [6, 6.07) is 0. The number of hydrogen-bond acceptors (Lipinski definition) is 2. The average Bonchev–Trinajstić information content (AvgIpc) is 2.30. The molecule has 1 atom stereocenters. The van der Waals surface area contributed by atoms with Gasteiger partial charge in [-0.3, -0.25) is 4.79 Å². The Hall–Kier alpha value is -0.570. The molecule has 3 nitrogen and oxygen atoms in total. The van der Waals surface area contributed by atoms with Crippen molar-refractivity contribution in [2.45, 2.75) is 46.0 Å². The van der Waals surface area contributed by atoms with E-state index in [1.165, 1.54) is 0 Å². The highest BCUT2D eigenvalue weighted by atomic mass is 16.2. The second-order valence-corrected chi connectivity index (χ2v) is 5.04. The molecule has 0 aromatic heterocycles. The number of nitrogens with two attached hydrogens (primary N) is 1. The van der Waals surface area contributed by atoms with Gasteiger partial charge < -0.3 is 10.6 Å². The molecule has 0 aromatic carbocycles. The third-order valence-electron chi connectivity index (χ3n) is 3.64. The van der Waals surface area contributed by atoms with Crippen molar-refractivity contribution in [3.05, 3.63) is 0 Å². The van der Waals surface area contributed by atoms with Gasteiger partial charge in [0.15, 0.2) is 0 Å². The zero-order valence-electron chi connectivity index (χ0n) is 10.7. The minimum atomic E-state index is 0.205. The van der Waals surface area contributed by atoms with Crippen LogP contribution in [0.5, 0.6) is 0 Å². The molecule has 1 unspecified atom stereocenters. The number of nitrogens with zero attached hydrogens (tertiary/aromatic N) is 1. The first-order valence-corrected chi connectivity index (χ1v) is 6.67. The van der Waals surface area contributed by atoms with Gasteiger partial charge in [0.2, 0.25) is 5.91 Å². The quantitative estimate of drug-likeness (QED) is 0.779. The fourth-order valence-electron chi connectivity index (χ4n) is 2.55. The number of carbonyl (C=O) groups excluding carboxylic acids is 1. The van der Waals surface area contributed by atoms with E-state index in [9.17, 15) is 4.79 Å². The fourth-order valence-corrected chi connectivity index (χ4v) is 2.55. The second-order valence-electron chi connectivity index (χ2n) is 5.04. The Morgan fingerprint density at radius 1 is 1.44 bits per heavy atom. The van der Waals surface area contributed by atoms with Crippen molar-refractivity contribution in [2.75, 3.05) is 19.6 Å². The number of likely N-dealkylation sites (tertiary alicyclic amines) is 1. The molecular formula is C13H26N2O. The van der Waals surface area contributed by atoms with Crippen LogP contribution in [0, 0.1) is 11.8 Å². The molecule has 16 heavy (non-hydrogen) atoms. The van der Waals surface area contributed by atoms with Crippen LogP contribution in [0.3, 0.4) is 0 Å². The zero-order chi connectivity index (χ0) is 12.0. The van der Waals surface area contributed by atoms with Crippen LogP contribution in [-0.2, 0) is 4.79 Å². The van der Waals surface area contributed by atoms with Gasteiger partial charge in [-0.05, 0) is 38.1 Å². The van der Waals surface area contributed by atoms with Gasteiger partial charge in [0.1, 0.15) is 0 Å². The van der Waals surface area contributed by atoms with Crippen molar-refractivity contribution < 1.29 is 4.79 Å². The molecule has 1 aliphatic heterocycles. The highest BCUT2D eigenvalue weighted by molar-refractivity contribution is 5.78. The van der Waals surface area contributed by atoms with Crippen molar-refractivity contribution >= 4 is 5.91 Å². The minimum Gasteiger partial charge on any atom is -0.342 e. The van der Waals surface area contributed by atoms with E-state index in [0.717, 1.165) is 57.7 Å². The van der Waals surface area contributed by atoms with Gasteiger partial charge in [-0.25, -0.2) is 0 Å². The summed E-state index contributed by atoms with van der Waals surface area (Å²) in [6.45, 7) is 6.86. The molecule has 2 N–H and O–H groups in total. The van der Waals surface area contributed by atoms with Gasteiger partial charge in [-0.1, -0.05) is 20.3 Å². The molecular weight excluding hydrogens is 200 g/mol. The molecule has 0 radical (unpaired) electrons. The van der Waals surface area contributed by atoms with E-state index in [-0.39, 0.29) is 5.92 Å². The van der Waals surface area contributed by atoms with E-state index in [1.807, 2.05) is 4.90 Å². The van der Waals surface area contributed by atoms with Crippen LogP contribution in [0.1, 0.15) is 46.0 Å². The van der Waals surface area contributed by atoms with E-state index in [0.29, 0.717) is 5.91 Å². The topological polar surface area (TPSA) is 46.3 Å². The van der Waals surface area contributed by atoms with Gasteiger partial charge in [0, 0.05) is 19.0 Å².